The summed E-state index contributed by atoms with van der Waals surface area (Å²) in [6.07, 6.45) is 0. The Morgan fingerprint density at radius 2 is 1.84 bits per heavy atom. The number of nitrogens with one attached hydrogen (secondary N) is 1. The zero-order valence-electron chi connectivity index (χ0n) is 14.3. The van der Waals surface area contributed by atoms with Crippen molar-refractivity contribution in [2.45, 2.75) is 6.92 Å². The van der Waals surface area contributed by atoms with Crippen molar-refractivity contribution in [2.24, 2.45) is 5.10 Å². The Labute approximate surface area is 145 Å². The maximum atomic E-state index is 11.9. The van der Waals surface area contributed by atoms with Crippen molar-refractivity contribution in [1.29, 1.82) is 0 Å². The number of phenols is 1. The fourth-order valence-electron chi connectivity index (χ4n) is 2.06. The molecule has 0 aliphatic heterocycles. The van der Waals surface area contributed by atoms with Gasteiger partial charge in [-0.1, -0.05) is 12.1 Å². The summed E-state index contributed by atoms with van der Waals surface area (Å²) in [5.74, 6) is 1.12. The molecule has 0 bridgehead atoms. The highest BCUT2D eigenvalue weighted by Gasteiger charge is 2.09. The Hall–Kier alpha value is -3.22. The number of rotatable bonds is 7. The number of para-hydroxylation sites is 2. The minimum atomic E-state index is -0.432. The Morgan fingerprint density at radius 1 is 1.12 bits per heavy atom. The summed E-state index contributed by atoms with van der Waals surface area (Å²) >= 11 is 0. The number of carbonyl (C=O) groups is 1. The van der Waals surface area contributed by atoms with Gasteiger partial charge in [0.1, 0.15) is 11.5 Å². The van der Waals surface area contributed by atoms with E-state index < -0.39 is 5.91 Å². The number of hydrogen-bond acceptors (Lipinski definition) is 6. The van der Waals surface area contributed by atoms with Crippen molar-refractivity contribution in [2.75, 3.05) is 20.8 Å². The van der Waals surface area contributed by atoms with Crippen LogP contribution in [-0.2, 0) is 4.79 Å². The molecule has 2 rings (SSSR count). The zero-order valence-corrected chi connectivity index (χ0v) is 14.3. The summed E-state index contributed by atoms with van der Waals surface area (Å²) in [5, 5.41) is 13.9. The molecule has 0 fully saturated rings. The Bertz CT molecular complexity index is 774. The first kappa shape index (κ1) is 18.1. The number of nitrogens with zero attached hydrogens (tertiary/aromatic N) is 1. The zero-order chi connectivity index (χ0) is 18.2. The number of aromatic hydroxyl groups is 1. The lowest BCUT2D eigenvalue weighted by molar-refractivity contribution is -0.123. The van der Waals surface area contributed by atoms with Crippen LogP contribution in [0.1, 0.15) is 12.5 Å². The van der Waals surface area contributed by atoms with E-state index in [2.05, 4.69) is 10.5 Å². The second-order valence-corrected chi connectivity index (χ2v) is 5.05. The summed E-state index contributed by atoms with van der Waals surface area (Å²) in [7, 11) is 3.04. The molecule has 0 spiro atoms. The van der Waals surface area contributed by atoms with E-state index >= 15 is 0 Å². The van der Waals surface area contributed by atoms with Crippen LogP contribution in [0, 0.1) is 0 Å². The van der Waals surface area contributed by atoms with Crippen LogP contribution in [0.2, 0.25) is 0 Å². The van der Waals surface area contributed by atoms with E-state index in [0.717, 1.165) is 0 Å². The van der Waals surface area contributed by atoms with Crippen LogP contribution in [0.5, 0.6) is 23.0 Å². The highest BCUT2D eigenvalue weighted by atomic mass is 16.5. The first-order chi connectivity index (χ1) is 12.0. The number of phenolic OH excluding ortho intramolecular Hbond substituents is 1. The normalized spacial score (nSPS) is 10.9. The van der Waals surface area contributed by atoms with E-state index in [0.29, 0.717) is 28.5 Å². The number of amides is 1. The second kappa shape index (κ2) is 8.58. The molecule has 0 aliphatic rings. The van der Waals surface area contributed by atoms with Gasteiger partial charge in [0.25, 0.3) is 5.91 Å². The summed E-state index contributed by atoms with van der Waals surface area (Å²) in [6.45, 7) is 1.45. The van der Waals surface area contributed by atoms with Gasteiger partial charge in [-0.25, -0.2) is 5.43 Å². The Kier molecular flexibility index (Phi) is 6.22. The molecular weight excluding hydrogens is 324 g/mol. The maximum Gasteiger partial charge on any atom is 0.277 e. The molecule has 7 nitrogen and oxygen atoms in total. The van der Waals surface area contributed by atoms with Gasteiger partial charge in [-0.3, -0.25) is 4.79 Å². The lowest BCUT2D eigenvalue weighted by Crippen LogP contribution is -2.25. The molecule has 2 aromatic carbocycles. The van der Waals surface area contributed by atoms with E-state index in [1.807, 2.05) is 0 Å². The largest absolute Gasteiger partial charge is 0.507 e. The number of methoxy groups -OCH3 is 2. The lowest BCUT2D eigenvalue weighted by atomic mass is 10.1. The molecule has 7 heteroatoms. The molecule has 2 aromatic rings. The van der Waals surface area contributed by atoms with Gasteiger partial charge >= 0.3 is 0 Å². The molecule has 0 aromatic heterocycles. The van der Waals surface area contributed by atoms with Crippen LogP contribution in [-0.4, -0.2) is 37.6 Å². The molecule has 1 amide bonds. The minimum absolute atomic E-state index is 0.0140. The molecular formula is C18H20N2O5. The van der Waals surface area contributed by atoms with Gasteiger partial charge in [-0.05, 0) is 31.2 Å². The van der Waals surface area contributed by atoms with Crippen molar-refractivity contribution >= 4 is 11.6 Å². The summed E-state index contributed by atoms with van der Waals surface area (Å²) in [4.78, 5) is 11.9. The van der Waals surface area contributed by atoms with Crippen LogP contribution < -0.4 is 19.6 Å². The highest BCUT2D eigenvalue weighted by molar-refractivity contribution is 6.01. The molecule has 0 atom stereocenters. The quantitative estimate of drug-likeness (QED) is 0.594. The first-order valence-electron chi connectivity index (χ1n) is 7.51. The number of hydrazone groups is 1. The molecule has 0 unspecified atom stereocenters. The van der Waals surface area contributed by atoms with Crippen LogP contribution in [0.3, 0.4) is 0 Å². The second-order valence-electron chi connectivity index (χ2n) is 5.05. The lowest BCUT2D eigenvalue weighted by Gasteiger charge is -2.10. The smallest absolute Gasteiger partial charge is 0.277 e. The van der Waals surface area contributed by atoms with Crippen LogP contribution >= 0.6 is 0 Å². The van der Waals surface area contributed by atoms with E-state index in [-0.39, 0.29) is 12.4 Å². The van der Waals surface area contributed by atoms with Gasteiger partial charge in [0.15, 0.2) is 18.1 Å². The van der Waals surface area contributed by atoms with Crippen LogP contribution in [0.15, 0.2) is 47.6 Å². The number of benzene rings is 2. The predicted octanol–water partition coefficient (Wildman–Crippen LogP) is 2.33. The van der Waals surface area contributed by atoms with Gasteiger partial charge in [-0.2, -0.15) is 5.10 Å². The third-order valence-electron chi connectivity index (χ3n) is 3.37. The van der Waals surface area contributed by atoms with Crippen molar-refractivity contribution < 1.29 is 24.1 Å². The third-order valence-corrected chi connectivity index (χ3v) is 3.37. The maximum absolute atomic E-state index is 11.9. The van der Waals surface area contributed by atoms with E-state index in [9.17, 15) is 9.90 Å². The van der Waals surface area contributed by atoms with Crippen LogP contribution in [0.4, 0.5) is 0 Å². The molecule has 0 aliphatic carbocycles. The monoisotopic (exact) mass is 344 g/mol. The van der Waals surface area contributed by atoms with Crippen LogP contribution in [0.25, 0.3) is 0 Å². The van der Waals surface area contributed by atoms with Gasteiger partial charge in [0.2, 0.25) is 0 Å². The van der Waals surface area contributed by atoms with Gasteiger partial charge < -0.3 is 19.3 Å². The van der Waals surface area contributed by atoms with Gasteiger partial charge in [0.05, 0.1) is 19.9 Å². The molecule has 0 saturated heterocycles. The van der Waals surface area contributed by atoms with Crippen molar-refractivity contribution in [3.05, 3.63) is 48.0 Å². The highest BCUT2D eigenvalue weighted by Crippen LogP contribution is 2.25. The van der Waals surface area contributed by atoms with Crippen molar-refractivity contribution in [1.82, 2.24) is 5.43 Å². The van der Waals surface area contributed by atoms with E-state index in [4.69, 9.17) is 14.2 Å². The van der Waals surface area contributed by atoms with Crippen molar-refractivity contribution in [3.8, 4) is 23.0 Å². The molecule has 25 heavy (non-hydrogen) atoms. The van der Waals surface area contributed by atoms with E-state index in [1.54, 1.807) is 43.3 Å². The standard InChI is InChI=1S/C18H20N2O5/c1-12(14-9-8-13(23-2)10-15(14)21)19-20-18(22)11-25-17-7-5-4-6-16(17)24-3/h4-10,21H,11H2,1-3H3,(H,20,22)/b19-12+. The molecule has 132 valence electrons. The van der Waals surface area contributed by atoms with E-state index in [1.165, 1.54) is 20.3 Å². The SMILES string of the molecule is COc1ccc(/C(C)=N/NC(=O)COc2ccccc2OC)c(O)c1. The number of carbonyl (C=O) groups excluding carboxylic acids is 1. The number of ether oxygens (including phenoxy) is 3. The summed E-state index contributed by atoms with van der Waals surface area (Å²) in [5.41, 5.74) is 3.33. The average molecular weight is 344 g/mol. The fourth-order valence-corrected chi connectivity index (χ4v) is 2.06. The summed E-state index contributed by atoms with van der Waals surface area (Å²) < 4.78 is 15.6. The Balaban J connectivity index is 1.95. The molecule has 0 saturated carbocycles. The summed E-state index contributed by atoms with van der Waals surface area (Å²) in [6, 6.07) is 11.9. The topological polar surface area (TPSA) is 89.4 Å². The third kappa shape index (κ3) is 4.87. The average Bonchev–Trinajstić information content (AvgIpc) is 2.64. The minimum Gasteiger partial charge on any atom is -0.507 e. The fraction of sp³-hybridized carbons (Fsp3) is 0.222. The van der Waals surface area contributed by atoms with Crippen molar-refractivity contribution in [3.63, 3.8) is 0 Å². The molecule has 0 heterocycles. The molecule has 0 radical (unpaired) electrons. The van der Waals surface area contributed by atoms with Gasteiger partial charge in [0, 0.05) is 11.6 Å². The predicted molar refractivity (Wildman–Crippen MR) is 93.5 cm³/mol. The number of hydrogen-bond donors (Lipinski definition) is 2. The Morgan fingerprint density at radius 3 is 2.48 bits per heavy atom. The van der Waals surface area contributed by atoms with Gasteiger partial charge in [-0.15, -0.1) is 0 Å². The molecule has 2 N–H and O–H groups in total. The first-order valence-corrected chi connectivity index (χ1v) is 7.51.